The number of fused-ring (bicyclic) bond motifs is 2. The van der Waals surface area contributed by atoms with Crippen molar-refractivity contribution in [1.29, 1.82) is 0 Å². The van der Waals surface area contributed by atoms with E-state index in [1.807, 2.05) is 0 Å². The lowest BCUT2D eigenvalue weighted by atomic mass is 9.64. The molecule has 5 rings (SSSR count). The van der Waals surface area contributed by atoms with Gasteiger partial charge in [0.25, 0.3) is 0 Å². The summed E-state index contributed by atoms with van der Waals surface area (Å²) in [6.07, 6.45) is 10.3. The van der Waals surface area contributed by atoms with Crippen molar-refractivity contribution >= 4 is 5.78 Å². The number of aromatic nitrogens is 3. The minimum Gasteiger partial charge on any atom is -0.473 e. The van der Waals surface area contributed by atoms with Crippen LogP contribution in [0.4, 0.5) is 0 Å². The third-order valence-corrected chi connectivity index (χ3v) is 7.31. The van der Waals surface area contributed by atoms with Crippen molar-refractivity contribution in [2.45, 2.75) is 82.3 Å². The number of hydrogen-bond acceptors (Lipinski definition) is 7. The SMILES string of the molecule is C[C@H](Oc1ccnc(-c2noc3c2CCC[C@@]32CCCCC2=O)n1)[C@@H]1CCCN1C. The summed E-state index contributed by atoms with van der Waals surface area (Å²) in [7, 11) is 2.15. The van der Waals surface area contributed by atoms with Crippen molar-refractivity contribution in [3.8, 4) is 17.4 Å². The van der Waals surface area contributed by atoms with Gasteiger partial charge in [0.15, 0.2) is 17.3 Å². The molecule has 1 aliphatic heterocycles. The van der Waals surface area contributed by atoms with Crippen molar-refractivity contribution < 1.29 is 14.1 Å². The van der Waals surface area contributed by atoms with Crippen LogP contribution in [0.5, 0.6) is 5.88 Å². The van der Waals surface area contributed by atoms with Crippen molar-refractivity contribution in [2.24, 2.45) is 0 Å². The average Bonchev–Trinajstić information content (AvgIpc) is 3.37. The number of hydrogen-bond donors (Lipinski definition) is 0. The number of nitrogens with zero attached hydrogens (tertiary/aromatic N) is 4. The van der Waals surface area contributed by atoms with Crippen LogP contribution in [0, 0.1) is 0 Å². The average molecular weight is 411 g/mol. The second-order valence-corrected chi connectivity index (χ2v) is 9.14. The molecule has 2 aromatic rings. The summed E-state index contributed by atoms with van der Waals surface area (Å²) in [5.74, 6) is 2.16. The first kappa shape index (κ1) is 19.7. The number of ether oxygens (including phenoxy) is 1. The molecule has 3 atom stereocenters. The number of carbonyl (C=O) groups is 1. The molecule has 0 bridgehead atoms. The van der Waals surface area contributed by atoms with Crippen LogP contribution in [0.3, 0.4) is 0 Å². The Morgan fingerprint density at radius 1 is 1.23 bits per heavy atom. The number of ketones is 1. The van der Waals surface area contributed by atoms with E-state index >= 15 is 0 Å². The van der Waals surface area contributed by atoms with Crippen LogP contribution in [0.25, 0.3) is 11.5 Å². The Balaban J connectivity index is 1.43. The Morgan fingerprint density at radius 3 is 2.90 bits per heavy atom. The quantitative estimate of drug-likeness (QED) is 0.760. The van der Waals surface area contributed by atoms with Gasteiger partial charge in [0, 0.05) is 30.3 Å². The highest BCUT2D eigenvalue weighted by molar-refractivity contribution is 5.91. The van der Waals surface area contributed by atoms with Gasteiger partial charge in [0.05, 0.1) is 5.41 Å². The molecule has 3 aliphatic rings. The molecular formula is C23H30N4O3. The van der Waals surface area contributed by atoms with Crippen molar-refractivity contribution in [2.75, 3.05) is 13.6 Å². The number of likely N-dealkylation sites (N-methyl/N-ethyl adjacent to an activating group) is 1. The molecule has 2 fully saturated rings. The second kappa shape index (κ2) is 7.76. The fraction of sp³-hybridized carbons (Fsp3) is 0.652. The molecule has 0 amide bonds. The van der Waals surface area contributed by atoms with Gasteiger partial charge in [-0.15, -0.1) is 0 Å². The predicted molar refractivity (Wildman–Crippen MR) is 111 cm³/mol. The number of Topliss-reactive ketones (excluding diaryl/α,β-unsaturated/α-hetero) is 1. The van der Waals surface area contributed by atoms with E-state index in [4.69, 9.17) is 9.26 Å². The smallest absolute Gasteiger partial charge is 0.217 e. The molecule has 1 spiro atoms. The highest BCUT2D eigenvalue weighted by atomic mass is 16.5. The molecule has 2 aliphatic carbocycles. The van der Waals surface area contributed by atoms with Crippen molar-refractivity contribution in [1.82, 2.24) is 20.0 Å². The minimum atomic E-state index is -0.479. The highest BCUT2D eigenvalue weighted by Crippen LogP contribution is 2.47. The van der Waals surface area contributed by atoms with E-state index in [1.54, 1.807) is 12.3 Å². The molecule has 7 nitrogen and oxygen atoms in total. The molecule has 30 heavy (non-hydrogen) atoms. The van der Waals surface area contributed by atoms with Crippen LogP contribution in [0.1, 0.15) is 69.6 Å². The fourth-order valence-corrected chi connectivity index (χ4v) is 5.69. The van der Waals surface area contributed by atoms with Crippen molar-refractivity contribution in [3.63, 3.8) is 0 Å². The first-order chi connectivity index (χ1) is 14.6. The molecule has 1 saturated heterocycles. The molecule has 0 unspecified atom stereocenters. The maximum absolute atomic E-state index is 12.9. The largest absolute Gasteiger partial charge is 0.473 e. The van der Waals surface area contributed by atoms with Gasteiger partial charge in [-0.05, 0) is 65.5 Å². The van der Waals surface area contributed by atoms with Crippen LogP contribution in [-0.4, -0.2) is 51.5 Å². The Hall–Kier alpha value is -2.28. The van der Waals surface area contributed by atoms with E-state index in [2.05, 4.69) is 34.0 Å². The van der Waals surface area contributed by atoms with E-state index < -0.39 is 5.41 Å². The molecule has 160 valence electrons. The first-order valence-electron chi connectivity index (χ1n) is 11.3. The standard InChI is InChI=1S/C23H30N4O3/c1-15(17-8-6-14-27(17)2)29-19-10-13-24-22(25-19)20-16-7-5-12-23(21(16)30-26-20)11-4-3-9-18(23)28/h10,13,15,17H,3-9,11-12,14H2,1-2H3/t15-,17-,23+/m0/s1. The van der Waals surface area contributed by atoms with E-state index in [1.165, 1.54) is 6.42 Å². The van der Waals surface area contributed by atoms with Gasteiger partial charge in [-0.1, -0.05) is 11.6 Å². The Morgan fingerprint density at radius 2 is 2.10 bits per heavy atom. The van der Waals surface area contributed by atoms with Gasteiger partial charge < -0.3 is 9.26 Å². The third kappa shape index (κ3) is 3.23. The molecule has 7 heteroatoms. The maximum atomic E-state index is 12.9. The molecule has 0 N–H and O–H groups in total. The van der Waals surface area contributed by atoms with E-state index in [0.29, 0.717) is 35.6 Å². The van der Waals surface area contributed by atoms with E-state index in [-0.39, 0.29) is 6.10 Å². The molecule has 0 aromatic carbocycles. The zero-order valence-electron chi connectivity index (χ0n) is 17.9. The van der Waals surface area contributed by atoms with Gasteiger partial charge in [0.2, 0.25) is 5.88 Å². The Labute approximate surface area is 177 Å². The van der Waals surface area contributed by atoms with Gasteiger partial charge in [-0.25, -0.2) is 4.98 Å². The molecule has 1 saturated carbocycles. The fourth-order valence-electron chi connectivity index (χ4n) is 5.69. The lowest BCUT2D eigenvalue weighted by Gasteiger charge is -2.36. The molecular weight excluding hydrogens is 380 g/mol. The Bertz CT molecular complexity index is 942. The second-order valence-electron chi connectivity index (χ2n) is 9.14. The van der Waals surface area contributed by atoms with Crippen LogP contribution in [0.2, 0.25) is 0 Å². The number of likely N-dealkylation sites (tertiary alicyclic amines) is 1. The zero-order chi connectivity index (χ0) is 20.7. The topological polar surface area (TPSA) is 81.3 Å². The lowest BCUT2D eigenvalue weighted by Crippen LogP contribution is -2.41. The molecule has 0 radical (unpaired) electrons. The summed E-state index contributed by atoms with van der Waals surface area (Å²) in [5, 5.41) is 4.35. The highest BCUT2D eigenvalue weighted by Gasteiger charge is 2.48. The summed E-state index contributed by atoms with van der Waals surface area (Å²) >= 11 is 0. The first-order valence-corrected chi connectivity index (χ1v) is 11.3. The summed E-state index contributed by atoms with van der Waals surface area (Å²) in [6, 6.07) is 2.20. The van der Waals surface area contributed by atoms with Crippen LogP contribution >= 0.6 is 0 Å². The lowest BCUT2D eigenvalue weighted by molar-refractivity contribution is -0.128. The number of carbonyl (C=O) groups excluding carboxylic acids is 1. The Kier molecular flexibility index (Phi) is 5.09. The van der Waals surface area contributed by atoms with Gasteiger partial charge in [0.1, 0.15) is 11.9 Å². The maximum Gasteiger partial charge on any atom is 0.217 e. The van der Waals surface area contributed by atoms with Crippen LogP contribution < -0.4 is 4.74 Å². The van der Waals surface area contributed by atoms with Crippen LogP contribution in [-0.2, 0) is 16.6 Å². The van der Waals surface area contributed by atoms with Gasteiger partial charge >= 0.3 is 0 Å². The number of rotatable bonds is 4. The van der Waals surface area contributed by atoms with Gasteiger partial charge in [-0.3, -0.25) is 9.69 Å². The third-order valence-electron chi connectivity index (χ3n) is 7.31. The monoisotopic (exact) mass is 410 g/mol. The summed E-state index contributed by atoms with van der Waals surface area (Å²) in [6.45, 7) is 3.21. The predicted octanol–water partition coefficient (Wildman–Crippen LogP) is 3.71. The van der Waals surface area contributed by atoms with Crippen LogP contribution in [0.15, 0.2) is 16.8 Å². The summed E-state index contributed by atoms with van der Waals surface area (Å²) in [4.78, 5) is 24.3. The molecule has 2 aromatic heterocycles. The van der Waals surface area contributed by atoms with E-state index in [9.17, 15) is 4.79 Å². The normalized spacial score (nSPS) is 27.9. The molecule has 3 heterocycles. The van der Waals surface area contributed by atoms with E-state index in [0.717, 1.165) is 62.8 Å². The summed E-state index contributed by atoms with van der Waals surface area (Å²) in [5.41, 5.74) is 1.20. The van der Waals surface area contributed by atoms with Gasteiger partial charge in [-0.2, -0.15) is 4.98 Å². The minimum absolute atomic E-state index is 0.0506. The summed E-state index contributed by atoms with van der Waals surface area (Å²) < 4.78 is 12.0. The zero-order valence-corrected chi connectivity index (χ0v) is 17.9. The van der Waals surface area contributed by atoms with Crippen molar-refractivity contribution in [3.05, 3.63) is 23.6 Å².